The van der Waals surface area contributed by atoms with Crippen LogP contribution in [0.2, 0.25) is 0 Å². The molecule has 11 amide bonds. The molecule has 0 aliphatic carbocycles. The summed E-state index contributed by atoms with van der Waals surface area (Å²) in [5, 5.41) is 28.0. The minimum absolute atomic E-state index is 0.0104. The number of nitrogens with one attached hydrogen (secondary N) is 7. The topological polar surface area (TPSA) is 441 Å². The van der Waals surface area contributed by atoms with Crippen LogP contribution in [0, 0.1) is 0 Å². The van der Waals surface area contributed by atoms with Gasteiger partial charge in [-0.1, -0.05) is 72.8 Å². The summed E-state index contributed by atoms with van der Waals surface area (Å²) in [6.45, 7) is -0.533. The molecule has 0 bridgehead atoms. The summed E-state index contributed by atoms with van der Waals surface area (Å²) in [6.07, 6.45) is -0.231. The molecule has 2 fully saturated rings. The first kappa shape index (κ1) is 64.7. The van der Waals surface area contributed by atoms with Gasteiger partial charge >= 0.3 is 0 Å². The molecule has 2 saturated heterocycles. The van der Waals surface area contributed by atoms with Gasteiger partial charge in [-0.25, -0.2) is 0 Å². The molecule has 0 spiro atoms. The van der Waals surface area contributed by atoms with Gasteiger partial charge in [-0.3, -0.25) is 57.7 Å². The molecule has 83 heavy (non-hydrogen) atoms. The van der Waals surface area contributed by atoms with E-state index in [1.54, 1.807) is 72.8 Å². The quantitative estimate of drug-likeness (QED) is 0.0250. The van der Waals surface area contributed by atoms with Gasteiger partial charge in [0.2, 0.25) is 65.0 Å². The maximum Gasteiger partial charge on any atom is 0.245 e. The van der Waals surface area contributed by atoms with Crippen LogP contribution in [0.3, 0.4) is 0 Å². The lowest BCUT2D eigenvalue weighted by atomic mass is 10.0. The molecule has 2 heterocycles. The highest BCUT2D eigenvalue weighted by Gasteiger charge is 2.41. The van der Waals surface area contributed by atoms with Crippen molar-refractivity contribution < 1.29 is 57.8 Å². The molecule has 0 saturated carbocycles. The molecule has 2 aliphatic heterocycles. The molecule has 0 unspecified atom stereocenters. The second-order valence-corrected chi connectivity index (χ2v) is 20.5. The molecule has 3 aromatic carbocycles. The number of carbonyl (C=O) groups is 11. The summed E-state index contributed by atoms with van der Waals surface area (Å²) in [7, 11) is 1.35. The van der Waals surface area contributed by atoms with Crippen LogP contribution in [0.15, 0.2) is 89.9 Å². The zero-order chi connectivity index (χ0) is 60.6. The van der Waals surface area contributed by atoms with Crippen molar-refractivity contribution in [1.29, 1.82) is 0 Å². The largest absolute Gasteiger partial charge is 0.508 e. The average Bonchev–Trinajstić information content (AvgIpc) is 4.15. The number of rotatable bonds is 23. The number of hydrogen-bond donors (Lipinski definition) is 13. The van der Waals surface area contributed by atoms with Crippen LogP contribution in [0.1, 0.15) is 80.9 Å². The van der Waals surface area contributed by atoms with Crippen molar-refractivity contribution >= 4 is 70.9 Å². The maximum atomic E-state index is 14.8. The van der Waals surface area contributed by atoms with E-state index < -0.39 is 126 Å². The van der Waals surface area contributed by atoms with Gasteiger partial charge in [-0.05, 0) is 86.6 Å². The fourth-order valence-electron chi connectivity index (χ4n) is 9.49. The van der Waals surface area contributed by atoms with Crippen LogP contribution in [0.4, 0.5) is 0 Å². The van der Waals surface area contributed by atoms with Crippen molar-refractivity contribution in [2.24, 2.45) is 33.7 Å². The Morgan fingerprint density at radius 1 is 0.711 bits per heavy atom. The number of aliphatic imine (C=N–C) groups is 1. The van der Waals surface area contributed by atoms with Crippen LogP contribution < -0.4 is 65.9 Å². The Kier molecular flexibility index (Phi) is 25.2. The first-order valence-electron chi connectivity index (χ1n) is 27.5. The van der Waals surface area contributed by atoms with Crippen molar-refractivity contribution in [2.75, 3.05) is 33.2 Å². The van der Waals surface area contributed by atoms with Crippen LogP contribution in [0.25, 0.3) is 0 Å². The van der Waals surface area contributed by atoms with E-state index in [9.17, 15) is 57.8 Å². The lowest BCUT2D eigenvalue weighted by Crippen LogP contribution is -2.60. The van der Waals surface area contributed by atoms with E-state index >= 15 is 0 Å². The van der Waals surface area contributed by atoms with Crippen LogP contribution >= 0.6 is 0 Å². The van der Waals surface area contributed by atoms with E-state index in [1.165, 1.54) is 24.1 Å². The molecule has 3 aromatic rings. The number of likely N-dealkylation sites (N-methyl/N-ethyl adjacent to an activating group) is 1. The average molecular weight is 1150 g/mol. The Balaban J connectivity index is 1.35. The molecule has 27 nitrogen and oxygen atoms in total. The number of benzene rings is 3. The number of amides is 11. The summed E-state index contributed by atoms with van der Waals surface area (Å²) < 4.78 is 0. The normalized spacial score (nSPS) is 19.6. The number of likely N-dealkylation sites (tertiary alicyclic amines) is 1. The number of hydrogen-bond acceptors (Lipinski definition) is 14. The zero-order valence-electron chi connectivity index (χ0n) is 46.4. The van der Waals surface area contributed by atoms with Gasteiger partial charge in [0.1, 0.15) is 48.0 Å². The van der Waals surface area contributed by atoms with E-state index in [4.69, 9.17) is 28.7 Å². The van der Waals surface area contributed by atoms with Crippen molar-refractivity contribution in [1.82, 2.24) is 47.0 Å². The minimum atomic E-state index is -1.49. The third kappa shape index (κ3) is 21.0. The van der Waals surface area contributed by atoms with E-state index in [2.05, 4.69) is 42.2 Å². The van der Waals surface area contributed by atoms with E-state index in [1.807, 2.05) is 0 Å². The molecular weight excluding hydrogens is 1070 g/mol. The van der Waals surface area contributed by atoms with Gasteiger partial charge < -0.3 is 80.8 Å². The molecule has 2 aliphatic rings. The van der Waals surface area contributed by atoms with E-state index in [0.29, 0.717) is 23.1 Å². The van der Waals surface area contributed by atoms with Gasteiger partial charge in [0.15, 0.2) is 5.96 Å². The lowest BCUT2D eigenvalue weighted by molar-refractivity contribution is -0.144. The number of nitrogens with zero attached hydrogens (tertiary/aromatic N) is 3. The molecule has 448 valence electrons. The van der Waals surface area contributed by atoms with Gasteiger partial charge in [0.25, 0.3) is 0 Å². The molecule has 27 heteroatoms. The third-order valence-corrected chi connectivity index (χ3v) is 14.1. The highest BCUT2D eigenvalue weighted by molar-refractivity contribution is 5.99. The van der Waals surface area contributed by atoms with Crippen LogP contribution in [-0.2, 0) is 72.0 Å². The molecule has 0 aromatic heterocycles. The third-order valence-electron chi connectivity index (χ3n) is 14.1. The second kappa shape index (κ2) is 32.3. The van der Waals surface area contributed by atoms with Gasteiger partial charge in [0.05, 0.1) is 19.0 Å². The zero-order valence-corrected chi connectivity index (χ0v) is 46.4. The summed E-state index contributed by atoms with van der Waals surface area (Å²) in [6, 6.07) is 13.0. The number of guanidine groups is 1. The summed E-state index contributed by atoms with van der Waals surface area (Å²) in [4.78, 5) is 157. The lowest BCUT2D eigenvalue weighted by Gasteiger charge is -2.32. The molecule has 5 rings (SSSR count). The first-order chi connectivity index (χ1) is 39.6. The summed E-state index contributed by atoms with van der Waals surface area (Å²) in [5.74, 6) is -8.81. The van der Waals surface area contributed by atoms with Crippen molar-refractivity contribution in [3.05, 3.63) is 102 Å². The fraction of sp³-hybridized carbons (Fsp3) is 0.464. The monoisotopic (exact) mass is 1150 g/mol. The highest BCUT2D eigenvalue weighted by atomic mass is 16.3. The van der Waals surface area contributed by atoms with E-state index in [0.717, 1.165) is 4.90 Å². The number of nitrogens with two attached hydrogens (primary N) is 5. The van der Waals surface area contributed by atoms with Crippen molar-refractivity contribution in [3.63, 3.8) is 0 Å². The fourth-order valence-corrected chi connectivity index (χ4v) is 9.49. The number of primary amides is 2. The standard InChI is InChI=1S/C56H77N15O12/c1-70-44(30-34-14-6-3-7-15-34)54(82)67-40(16-8-9-25-62-46(74)31-42(50(78)64-32-47(70)75)69-49(77)37(57)28-35-19-21-36(72)22-20-35)55(83)71-27-11-18-43(71)53(81)66-39(23-24-45(58)73)52(80)65-38(17-10-26-63-56(60)61)51(79)68-41(48(59)76)29-33-12-4-2-5-13-33/h2-7,12-15,19-22,37-44,72H,8-11,16-18,23-32,57H2,1H3,(H2,58,73)(H2,59,76)(H,62,74)(H,64,78)(H,65,80)(H,66,81)(H,67,82)(H,68,79)(H,69,77)(H4,60,61,63)/t37-,38-,39-,40-,41-,42+,43-,44-/m0/s1. The number of aromatic hydroxyl groups is 1. The predicted molar refractivity (Wildman–Crippen MR) is 303 cm³/mol. The Morgan fingerprint density at radius 2 is 1.34 bits per heavy atom. The molecule has 8 atom stereocenters. The molecule has 0 radical (unpaired) electrons. The van der Waals surface area contributed by atoms with Crippen LogP contribution in [0.5, 0.6) is 5.75 Å². The van der Waals surface area contributed by atoms with Crippen molar-refractivity contribution in [2.45, 2.75) is 132 Å². The maximum absolute atomic E-state index is 14.8. The smallest absolute Gasteiger partial charge is 0.245 e. The second-order valence-electron chi connectivity index (χ2n) is 20.5. The van der Waals surface area contributed by atoms with E-state index in [-0.39, 0.29) is 102 Å². The molecule has 18 N–H and O–H groups in total. The minimum Gasteiger partial charge on any atom is -0.508 e. The number of phenolic OH excluding ortho intramolecular Hbond substituents is 1. The Bertz CT molecular complexity index is 2780. The first-order valence-corrected chi connectivity index (χ1v) is 27.5. The molecular formula is C56H77N15O12. The Labute approximate surface area is 480 Å². The van der Waals surface area contributed by atoms with Crippen molar-refractivity contribution in [3.8, 4) is 5.75 Å². The Hall–Kier alpha value is -9.14. The van der Waals surface area contributed by atoms with Gasteiger partial charge in [-0.2, -0.15) is 0 Å². The Morgan fingerprint density at radius 3 is 1.98 bits per heavy atom. The van der Waals surface area contributed by atoms with Gasteiger partial charge in [0, 0.05) is 45.9 Å². The summed E-state index contributed by atoms with van der Waals surface area (Å²) >= 11 is 0. The highest BCUT2D eigenvalue weighted by Crippen LogP contribution is 2.22. The van der Waals surface area contributed by atoms with Crippen LogP contribution in [-0.4, -0.2) is 167 Å². The number of carbonyl (C=O) groups excluding carboxylic acids is 11. The number of phenols is 1. The van der Waals surface area contributed by atoms with Gasteiger partial charge in [-0.15, -0.1) is 0 Å². The summed E-state index contributed by atoms with van der Waals surface area (Å²) in [5.41, 5.74) is 30.3. The predicted octanol–water partition coefficient (Wildman–Crippen LogP) is -3.40. The SMILES string of the molecule is CN1C(=O)CNC(=O)[C@H](NC(=O)[C@@H](N)Cc2ccc(O)cc2)CC(=O)NCCCC[C@@H](C(=O)N2CCC[C@H]2C(=O)N[C@@H](CCC(N)=O)C(=O)N[C@@H](CCCN=C(N)N)C(=O)N[C@@H](Cc2ccccc2)C(N)=O)NC(=O)[C@@H]1Cc1ccccc1.